The Balaban J connectivity index is 1.90. The molecule has 0 radical (unpaired) electrons. The van der Waals surface area contributed by atoms with Crippen LogP contribution in [0.15, 0.2) is 73.1 Å². The highest BCUT2D eigenvalue weighted by Crippen LogP contribution is 2.44. The third-order valence-corrected chi connectivity index (χ3v) is 6.15. The van der Waals surface area contributed by atoms with Crippen LogP contribution in [0, 0.1) is 0 Å². The van der Waals surface area contributed by atoms with Crippen LogP contribution in [0.25, 0.3) is 38.5 Å². The van der Waals surface area contributed by atoms with E-state index >= 15 is 0 Å². The fraction of sp³-hybridized carbons (Fsp3) is 0.143. The lowest BCUT2D eigenvalue weighted by atomic mass is 9.95. The van der Waals surface area contributed by atoms with Crippen molar-refractivity contribution >= 4 is 22.0 Å². The zero-order chi connectivity index (χ0) is 23.8. The molecule has 0 spiro atoms. The first-order valence-corrected chi connectivity index (χ1v) is 10.9. The molecule has 2 aromatic heterocycles. The van der Waals surface area contributed by atoms with E-state index in [2.05, 4.69) is 28.9 Å². The topological polar surface area (TPSA) is 67.4 Å². The number of nitrogen functional groups attached to an aromatic ring is 1. The van der Waals surface area contributed by atoms with E-state index in [0.29, 0.717) is 23.0 Å². The highest BCUT2D eigenvalue weighted by molar-refractivity contribution is 6.09. The van der Waals surface area contributed by atoms with Gasteiger partial charge in [-0.3, -0.25) is 0 Å². The number of benzene rings is 3. The van der Waals surface area contributed by atoms with Crippen molar-refractivity contribution in [3.63, 3.8) is 0 Å². The van der Waals surface area contributed by atoms with Crippen molar-refractivity contribution in [3.05, 3.63) is 73.1 Å². The second kappa shape index (κ2) is 8.56. The minimum Gasteiger partial charge on any atom is -0.493 e. The maximum atomic E-state index is 5.97. The molecule has 0 aliphatic rings. The van der Waals surface area contributed by atoms with E-state index in [1.54, 1.807) is 28.4 Å². The predicted octanol–water partition coefficient (Wildman–Crippen LogP) is 6.04. The van der Waals surface area contributed by atoms with Gasteiger partial charge < -0.3 is 29.1 Å². The molecule has 172 valence electrons. The first kappa shape index (κ1) is 21.5. The molecule has 0 bridgehead atoms. The molecule has 2 heterocycles. The monoisotopic (exact) mass is 454 g/mol. The average Bonchev–Trinajstić information content (AvgIpc) is 3.27. The minimum absolute atomic E-state index is 0.669. The molecular formula is C28H26N2O4. The Morgan fingerprint density at radius 3 is 1.94 bits per heavy atom. The Bertz CT molecular complexity index is 1500. The second-order valence-electron chi connectivity index (χ2n) is 7.98. The van der Waals surface area contributed by atoms with Gasteiger partial charge >= 0.3 is 0 Å². The highest BCUT2D eigenvalue weighted by Gasteiger charge is 2.20. The third kappa shape index (κ3) is 3.44. The summed E-state index contributed by atoms with van der Waals surface area (Å²) in [7, 11) is 6.58. The zero-order valence-corrected chi connectivity index (χ0v) is 19.6. The van der Waals surface area contributed by atoms with Crippen molar-refractivity contribution in [3.8, 4) is 45.3 Å². The smallest absolute Gasteiger partial charge is 0.161 e. The third-order valence-electron chi connectivity index (χ3n) is 6.15. The number of hydrogen-bond donors (Lipinski definition) is 1. The fourth-order valence-corrected chi connectivity index (χ4v) is 4.48. The van der Waals surface area contributed by atoms with Gasteiger partial charge in [0.1, 0.15) is 0 Å². The maximum Gasteiger partial charge on any atom is 0.161 e. The summed E-state index contributed by atoms with van der Waals surface area (Å²) in [6.07, 6.45) is 4.21. The number of hydrogen-bond acceptors (Lipinski definition) is 5. The first-order chi connectivity index (χ1) is 16.6. The summed E-state index contributed by atoms with van der Waals surface area (Å²) in [6.45, 7) is 0. The number of ether oxygens (including phenoxy) is 4. The Morgan fingerprint density at radius 1 is 0.647 bits per heavy atom. The van der Waals surface area contributed by atoms with Gasteiger partial charge in [-0.05, 0) is 59.0 Å². The number of methoxy groups -OCH3 is 4. The summed E-state index contributed by atoms with van der Waals surface area (Å²) in [4.78, 5) is 0. The first-order valence-electron chi connectivity index (χ1n) is 10.9. The standard InChI is InChI=1S/C28H26N2O4/c1-31-23-10-7-19(14-24(23)32-2)27-22(17-5-8-20(29)9-6-17)16-30-12-11-18-13-25(33-3)26(34-4)15-21(18)28(27)30/h5-16H,29H2,1-4H3. The lowest BCUT2D eigenvalue weighted by Gasteiger charge is -2.13. The van der Waals surface area contributed by atoms with Crippen LogP contribution in [0.5, 0.6) is 23.0 Å². The van der Waals surface area contributed by atoms with Crippen molar-refractivity contribution in [2.75, 3.05) is 34.2 Å². The van der Waals surface area contributed by atoms with Crippen molar-refractivity contribution in [2.45, 2.75) is 0 Å². The van der Waals surface area contributed by atoms with Crippen LogP contribution in [0.2, 0.25) is 0 Å². The maximum absolute atomic E-state index is 5.97. The molecule has 0 saturated carbocycles. The Kier molecular flexibility index (Phi) is 5.42. The molecular weight excluding hydrogens is 428 g/mol. The molecule has 0 atom stereocenters. The van der Waals surface area contributed by atoms with Crippen LogP contribution in [0.4, 0.5) is 5.69 Å². The Labute approximate surface area is 198 Å². The molecule has 0 aliphatic heterocycles. The summed E-state index contributed by atoms with van der Waals surface area (Å²) in [5, 5.41) is 2.10. The lowest BCUT2D eigenvalue weighted by molar-refractivity contribution is 0.355. The van der Waals surface area contributed by atoms with Gasteiger partial charge in [-0.15, -0.1) is 0 Å². The van der Waals surface area contributed by atoms with Gasteiger partial charge in [-0.2, -0.15) is 0 Å². The number of nitrogens with zero attached hydrogens (tertiary/aromatic N) is 1. The van der Waals surface area contributed by atoms with Crippen molar-refractivity contribution in [2.24, 2.45) is 0 Å². The molecule has 6 nitrogen and oxygen atoms in total. The number of anilines is 1. The number of pyridine rings is 1. The summed E-state index contributed by atoms with van der Waals surface area (Å²) < 4.78 is 24.4. The quantitative estimate of drug-likeness (QED) is 0.317. The molecule has 0 amide bonds. The fourth-order valence-electron chi connectivity index (χ4n) is 4.48. The SMILES string of the molecule is COc1ccc(-c2c(-c3ccc(N)cc3)cn3ccc4cc(OC)c(OC)cc4c23)cc1OC. The van der Waals surface area contributed by atoms with Gasteiger partial charge in [-0.1, -0.05) is 18.2 Å². The van der Waals surface area contributed by atoms with Gasteiger partial charge in [0, 0.05) is 34.6 Å². The van der Waals surface area contributed by atoms with Crippen LogP contribution >= 0.6 is 0 Å². The molecule has 0 saturated heterocycles. The summed E-state index contributed by atoms with van der Waals surface area (Å²) >= 11 is 0. The van der Waals surface area contributed by atoms with E-state index in [0.717, 1.165) is 44.2 Å². The van der Waals surface area contributed by atoms with Crippen LogP contribution in [-0.4, -0.2) is 32.8 Å². The number of rotatable bonds is 6. The van der Waals surface area contributed by atoms with Crippen molar-refractivity contribution in [1.29, 1.82) is 0 Å². The van der Waals surface area contributed by atoms with Crippen LogP contribution < -0.4 is 24.7 Å². The van der Waals surface area contributed by atoms with E-state index < -0.39 is 0 Å². The van der Waals surface area contributed by atoms with Crippen LogP contribution in [-0.2, 0) is 0 Å². The Morgan fingerprint density at radius 2 is 1.26 bits per heavy atom. The molecule has 5 rings (SSSR count). The van der Waals surface area contributed by atoms with Crippen LogP contribution in [0.3, 0.4) is 0 Å². The van der Waals surface area contributed by atoms with Gasteiger partial charge in [-0.25, -0.2) is 0 Å². The number of fused-ring (bicyclic) bond motifs is 3. The van der Waals surface area contributed by atoms with Crippen LogP contribution in [0.1, 0.15) is 0 Å². The molecule has 6 heteroatoms. The summed E-state index contributed by atoms with van der Waals surface area (Å²) in [5.41, 5.74) is 12.0. The Hall–Kier alpha value is -4.32. The minimum atomic E-state index is 0.669. The van der Waals surface area contributed by atoms with E-state index in [-0.39, 0.29) is 0 Å². The van der Waals surface area contributed by atoms with E-state index in [1.807, 2.05) is 48.5 Å². The lowest BCUT2D eigenvalue weighted by Crippen LogP contribution is -1.93. The highest BCUT2D eigenvalue weighted by atomic mass is 16.5. The molecule has 0 unspecified atom stereocenters. The van der Waals surface area contributed by atoms with Gasteiger partial charge in [0.15, 0.2) is 23.0 Å². The average molecular weight is 455 g/mol. The number of nitrogens with two attached hydrogens (primary N) is 1. The predicted molar refractivity (Wildman–Crippen MR) is 136 cm³/mol. The van der Waals surface area contributed by atoms with Gasteiger partial charge in [0.05, 0.1) is 34.0 Å². The second-order valence-corrected chi connectivity index (χ2v) is 7.98. The normalized spacial score (nSPS) is 11.1. The molecule has 2 N–H and O–H groups in total. The molecule has 34 heavy (non-hydrogen) atoms. The van der Waals surface area contributed by atoms with Gasteiger partial charge in [0.25, 0.3) is 0 Å². The molecule has 5 aromatic rings. The van der Waals surface area contributed by atoms with E-state index in [9.17, 15) is 0 Å². The van der Waals surface area contributed by atoms with Crippen molar-refractivity contribution in [1.82, 2.24) is 4.40 Å². The molecule has 0 aliphatic carbocycles. The van der Waals surface area contributed by atoms with Gasteiger partial charge in [0.2, 0.25) is 0 Å². The van der Waals surface area contributed by atoms with E-state index in [1.165, 1.54) is 0 Å². The molecule has 0 fully saturated rings. The van der Waals surface area contributed by atoms with Crippen molar-refractivity contribution < 1.29 is 18.9 Å². The van der Waals surface area contributed by atoms with E-state index in [4.69, 9.17) is 24.7 Å². The molecule has 3 aromatic carbocycles. The summed E-state index contributed by atoms with van der Waals surface area (Å²) in [5.74, 6) is 2.72. The zero-order valence-electron chi connectivity index (χ0n) is 19.6. The largest absolute Gasteiger partial charge is 0.493 e. The summed E-state index contributed by atoms with van der Waals surface area (Å²) in [6, 6.07) is 20.0. The number of aromatic nitrogens is 1.